The van der Waals surface area contributed by atoms with E-state index in [1.54, 1.807) is 0 Å². The van der Waals surface area contributed by atoms with Gasteiger partial charge < -0.3 is 11.1 Å². The molecule has 18 heavy (non-hydrogen) atoms. The Morgan fingerprint density at radius 1 is 1.28 bits per heavy atom. The first kappa shape index (κ1) is 16.9. The van der Waals surface area contributed by atoms with Gasteiger partial charge in [-0.25, -0.2) is 0 Å². The van der Waals surface area contributed by atoms with E-state index in [4.69, 9.17) is 5.73 Å². The standard InChI is InChI=1S/C15H28N2O/c1-4-6-9-14(13(3)12-16)10-7-8-11-17-15(18)5-2/h6,9H,4-5,7-8,10-12,16H2,1-3H3,(H,17,18)/b9-6-,14-13-. The molecule has 3 heteroatoms. The minimum Gasteiger partial charge on any atom is -0.356 e. The molecule has 1 amide bonds. The van der Waals surface area contributed by atoms with Gasteiger partial charge in [-0.3, -0.25) is 4.79 Å². The van der Waals surface area contributed by atoms with E-state index in [1.165, 1.54) is 11.1 Å². The van der Waals surface area contributed by atoms with Crippen molar-refractivity contribution in [2.75, 3.05) is 13.1 Å². The van der Waals surface area contributed by atoms with Gasteiger partial charge in [0.05, 0.1) is 0 Å². The third-order valence-electron chi connectivity index (χ3n) is 2.93. The van der Waals surface area contributed by atoms with Crippen molar-refractivity contribution in [2.24, 2.45) is 5.73 Å². The van der Waals surface area contributed by atoms with Gasteiger partial charge in [0.2, 0.25) is 5.91 Å². The second-order valence-electron chi connectivity index (χ2n) is 4.48. The Labute approximate surface area is 112 Å². The highest BCUT2D eigenvalue weighted by Crippen LogP contribution is 2.13. The smallest absolute Gasteiger partial charge is 0.219 e. The third-order valence-corrected chi connectivity index (χ3v) is 2.93. The van der Waals surface area contributed by atoms with Crippen LogP contribution in [0.5, 0.6) is 0 Å². The van der Waals surface area contributed by atoms with Crippen molar-refractivity contribution < 1.29 is 4.79 Å². The van der Waals surface area contributed by atoms with Gasteiger partial charge in [-0.1, -0.05) is 31.6 Å². The van der Waals surface area contributed by atoms with Gasteiger partial charge in [-0.05, 0) is 38.2 Å². The molecule has 0 heterocycles. The summed E-state index contributed by atoms with van der Waals surface area (Å²) in [5.74, 6) is 0.134. The lowest BCUT2D eigenvalue weighted by Gasteiger charge is -2.08. The molecule has 0 unspecified atom stereocenters. The summed E-state index contributed by atoms with van der Waals surface area (Å²) in [4.78, 5) is 11.1. The van der Waals surface area contributed by atoms with E-state index in [-0.39, 0.29) is 5.91 Å². The average Bonchev–Trinajstić information content (AvgIpc) is 2.40. The topological polar surface area (TPSA) is 55.1 Å². The molecule has 0 aliphatic carbocycles. The van der Waals surface area contributed by atoms with Gasteiger partial charge in [0.15, 0.2) is 0 Å². The molecule has 3 N–H and O–H groups in total. The average molecular weight is 252 g/mol. The molecule has 104 valence electrons. The Bertz CT molecular complexity index is 293. The highest BCUT2D eigenvalue weighted by Gasteiger charge is 1.99. The van der Waals surface area contributed by atoms with Gasteiger partial charge in [-0.15, -0.1) is 0 Å². The van der Waals surface area contributed by atoms with Crippen LogP contribution in [0.3, 0.4) is 0 Å². The van der Waals surface area contributed by atoms with Crippen molar-refractivity contribution in [1.82, 2.24) is 5.32 Å². The number of hydrogen-bond acceptors (Lipinski definition) is 2. The van der Waals surface area contributed by atoms with E-state index >= 15 is 0 Å². The van der Waals surface area contributed by atoms with Crippen LogP contribution in [0.15, 0.2) is 23.3 Å². The molecule has 0 aromatic carbocycles. The number of amides is 1. The number of nitrogens with one attached hydrogen (secondary N) is 1. The van der Waals surface area contributed by atoms with Gasteiger partial charge in [0.25, 0.3) is 0 Å². The molecule has 0 spiro atoms. The molecular formula is C15H28N2O. The van der Waals surface area contributed by atoms with Crippen LogP contribution in [0.25, 0.3) is 0 Å². The van der Waals surface area contributed by atoms with Gasteiger partial charge in [-0.2, -0.15) is 0 Å². The maximum absolute atomic E-state index is 11.1. The summed E-state index contributed by atoms with van der Waals surface area (Å²) in [6, 6.07) is 0. The quantitative estimate of drug-likeness (QED) is 0.489. The Morgan fingerprint density at radius 2 is 2.00 bits per heavy atom. The zero-order valence-electron chi connectivity index (χ0n) is 12.1. The van der Waals surface area contributed by atoms with E-state index in [2.05, 4.69) is 31.3 Å². The molecule has 0 aromatic rings. The molecular weight excluding hydrogens is 224 g/mol. The maximum atomic E-state index is 11.1. The van der Waals surface area contributed by atoms with Crippen molar-refractivity contribution >= 4 is 5.91 Å². The molecule has 0 fully saturated rings. The van der Waals surface area contributed by atoms with Gasteiger partial charge in [0.1, 0.15) is 0 Å². The summed E-state index contributed by atoms with van der Waals surface area (Å²) in [5.41, 5.74) is 8.29. The number of nitrogens with two attached hydrogens (primary N) is 1. The Balaban J connectivity index is 3.99. The molecule has 3 nitrogen and oxygen atoms in total. The molecule has 0 aliphatic rings. The predicted molar refractivity (Wildman–Crippen MR) is 78.3 cm³/mol. The lowest BCUT2D eigenvalue weighted by atomic mass is 10.0. The van der Waals surface area contributed by atoms with Crippen molar-refractivity contribution in [3.05, 3.63) is 23.3 Å². The molecule has 0 rings (SSSR count). The number of carbonyl (C=O) groups is 1. The summed E-state index contributed by atoms with van der Waals surface area (Å²) in [6.45, 7) is 7.49. The minimum absolute atomic E-state index is 0.134. The lowest BCUT2D eigenvalue weighted by Crippen LogP contribution is -2.23. The minimum atomic E-state index is 0.134. The van der Waals surface area contributed by atoms with Crippen LogP contribution in [0, 0.1) is 0 Å². The first-order chi connectivity index (χ1) is 8.65. The van der Waals surface area contributed by atoms with Crippen LogP contribution in [0.1, 0.15) is 52.9 Å². The van der Waals surface area contributed by atoms with E-state index < -0.39 is 0 Å². The molecule has 0 radical (unpaired) electrons. The third kappa shape index (κ3) is 8.07. The SMILES string of the molecule is CC/C=C\C(CCCCNC(=O)CC)=C(/C)CN. The highest BCUT2D eigenvalue weighted by atomic mass is 16.1. The first-order valence-corrected chi connectivity index (χ1v) is 6.97. The van der Waals surface area contributed by atoms with Crippen LogP contribution in [-0.4, -0.2) is 19.0 Å². The highest BCUT2D eigenvalue weighted by molar-refractivity contribution is 5.75. The monoisotopic (exact) mass is 252 g/mol. The molecule has 0 atom stereocenters. The summed E-state index contributed by atoms with van der Waals surface area (Å²) < 4.78 is 0. The van der Waals surface area contributed by atoms with E-state index in [9.17, 15) is 4.79 Å². The first-order valence-electron chi connectivity index (χ1n) is 6.97. The maximum Gasteiger partial charge on any atom is 0.219 e. The molecule has 0 aliphatic heterocycles. The van der Waals surface area contributed by atoms with E-state index in [0.717, 1.165) is 32.2 Å². The number of allylic oxidation sites excluding steroid dienone is 3. The van der Waals surface area contributed by atoms with E-state index in [0.29, 0.717) is 13.0 Å². The van der Waals surface area contributed by atoms with Gasteiger partial charge in [0, 0.05) is 19.5 Å². The van der Waals surface area contributed by atoms with Crippen molar-refractivity contribution in [3.63, 3.8) is 0 Å². The summed E-state index contributed by atoms with van der Waals surface area (Å²) in [6.07, 6.45) is 9.13. The van der Waals surface area contributed by atoms with Crippen LogP contribution in [0.4, 0.5) is 0 Å². The zero-order valence-corrected chi connectivity index (χ0v) is 12.1. The predicted octanol–water partition coefficient (Wildman–Crippen LogP) is 2.92. The largest absolute Gasteiger partial charge is 0.356 e. The second-order valence-corrected chi connectivity index (χ2v) is 4.48. The van der Waals surface area contributed by atoms with Crippen LogP contribution >= 0.6 is 0 Å². The lowest BCUT2D eigenvalue weighted by molar-refractivity contribution is -0.120. The molecule has 0 saturated carbocycles. The van der Waals surface area contributed by atoms with Crippen LogP contribution in [0.2, 0.25) is 0 Å². The number of unbranched alkanes of at least 4 members (excludes halogenated alkanes) is 1. The number of rotatable bonds is 9. The Hall–Kier alpha value is -1.09. The Kier molecular flexibility index (Phi) is 10.4. The fourth-order valence-electron chi connectivity index (χ4n) is 1.62. The number of carbonyl (C=O) groups excluding carboxylic acids is 1. The van der Waals surface area contributed by atoms with Gasteiger partial charge >= 0.3 is 0 Å². The molecule has 0 aromatic heterocycles. The molecule has 0 bridgehead atoms. The summed E-state index contributed by atoms with van der Waals surface area (Å²) in [7, 11) is 0. The summed E-state index contributed by atoms with van der Waals surface area (Å²) >= 11 is 0. The van der Waals surface area contributed by atoms with E-state index in [1.807, 2.05) is 6.92 Å². The van der Waals surface area contributed by atoms with Crippen molar-refractivity contribution in [2.45, 2.75) is 52.9 Å². The summed E-state index contributed by atoms with van der Waals surface area (Å²) in [5, 5.41) is 2.89. The Morgan fingerprint density at radius 3 is 2.56 bits per heavy atom. The second kappa shape index (κ2) is 11.0. The zero-order chi connectivity index (χ0) is 13.8. The van der Waals surface area contributed by atoms with Crippen molar-refractivity contribution in [3.8, 4) is 0 Å². The fourth-order valence-corrected chi connectivity index (χ4v) is 1.62. The number of hydrogen-bond donors (Lipinski definition) is 2. The van der Waals surface area contributed by atoms with Crippen LogP contribution in [-0.2, 0) is 4.79 Å². The van der Waals surface area contributed by atoms with Crippen LogP contribution < -0.4 is 11.1 Å². The molecule has 0 saturated heterocycles. The normalized spacial score (nSPS) is 12.7. The van der Waals surface area contributed by atoms with Crippen molar-refractivity contribution in [1.29, 1.82) is 0 Å². The fraction of sp³-hybridized carbons (Fsp3) is 0.667.